The Hall–Kier alpha value is -2.09. The number of carbonyl (C=O) groups is 1. The molecule has 26 heavy (non-hydrogen) atoms. The predicted octanol–water partition coefficient (Wildman–Crippen LogP) is 3.05. The van der Waals surface area contributed by atoms with Gasteiger partial charge in [-0.3, -0.25) is 9.52 Å². The van der Waals surface area contributed by atoms with Crippen LogP contribution in [0.4, 0.5) is 5.69 Å². The molecule has 0 saturated carbocycles. The number of sulfonamides is 1. The van der Waals surface area contributed by atoms with Gasteiger partial charge in [0.05, 0.1) is 16.7 Å². The number of amides is 1. The number of ether oxygens (including phenoxy) is 1. The van der Waals surface area contributed by atoms with Crippen molar-refractivity contribution in [1.82, 2.24) is 5.32 Å². The lowest BCUT2D eigenvalue weighted by atomic mass is 10.2. The summed E-state index contributed by atoms with van der Waals surface area (Å²) in [5, 5.41) is 3.24. The average molecular weight is 395 g/mol. The largest absolute Gasteiger partial charge is 0.376 e. The van der Waals surface area contributed by atoms with Crippen LogP contribution in [0.15, 0.2) is 53.4 Å². The van der Waals surface area contributed by atoms with Crippen molar-refractivity contribution in [2.24, 2.45) is 0 Å². The van der Waals surface area contributed by atoms with E-state index in [1.54, 1.807) is 18.2 Å². The van der Waals surface area contributed by atoms with Crippen molar-refractivity contribution in [1.29, 1.82) is 0 Å². The molecule has 0 aliphatic carbocycles. The number of halogens is 1. The zero-order valence-corrected chi connectivity index (χ0v) is 15.5. The first kappa shape index (κ1) is 18.7. The number of benzene rings is 2. The van der Waals surface area contributed by atoms with Crippen molar-refractivity contribution in [3.05, 3.63) is 59.1 Å². The minimum absolute atomic E-state index is 0.0560. The van der Waals surface area contributed by atoms with Crippen LogP contribution in [0.3, 0.4) is 0 Å². The van der Waals surface area contributed by atoms with Gasteiger partial charge in [-0.25, -0.2) is 8.42 Å². The van der Waals surface area contributed by atoms with Gasteiger partial charge in [-0.1, -0.05) is 17.7 Å². The number of hydrogen-bond acceptors (Lipinski definition) is 4. The first-order valence-corrected chi connectivity index (χ1v) is 10.1. The molecule has 1 heterocycles. The second-order valence-electron chi connectivity index (χ2n) is 5.99. The van der Waals surface area contributed by atoms with Crippen molar-refractivity contribution in [2.75, 3.05) is 17.9 Å². The van der Waals surface area contributed by atoms with Crippen LogP contribution in [0.1, 0.15) is 23.2 Å². The molecule has 1 fully saturated rings. The van der Waals surface area contributed by atoms with Gasteiger partial charge in [0.1, 0.15) is 0 Å². The van der Waals surface area contributed by atoms with Gasteiger partial charge in [0.2, 0.25) is 0 Å². The molecule has 2 N–H and O–H groups in total. The Bertz CT molecular complexity index is 878. The fourth-order valence-corrected chi connectivity index (χ4v) is 3.91. The fourth-order valence-electron chi connectivity index (χ4n) is 2.67. The third-order valence-electron chi connectivity index (χ3n) is 4.02. The molecular formula is C18H19ClN2O4S. The minimum atomic E-state index is -3.76. The van der Waals surface area contributed by atoms with E-state index < -0.39 is 10.0 Å². The topological polar surface area (TPSA) is 84.5 Å². The van der Waals surface area contributed by atoms with Crippen molar-refractivity contribution in [2.45, 2.75) is 23.8 Å². The first-order chi connectivity index (χ1) is 12.4. The molecule has 1 aliphatic rings. The maximum atomic E-state index is 12.4. The molecule has 3 rings (SSSR count). The van der Waals surface area contributed by atoms with Gasteiger partial charge in [0.25, 0.3) is 15.9 Å². The lowest BCUT2D eigenvalue weighted by Gasteiger charge is -2.11. The number of carbonyl (C=O) groups excluding carboxylic acids is 1. The van der Waals surface area contributed by atoms with Crippen LogP contribution in [0.5, 0.6) is 0 Å². The van der Waals surface area contributed by atoms with Gasteiger partial charge >= 0.3 is 0 Å². The van der Waals surface area contributed by atoms with E-state index in [0.29, 0.717) is 22.8 Å². The summed E-state index contributed by atoms with van der Waals surface area (Å²) >= 11 is 5.86. The van der Waals surface area contributed by atoms with Gasteiger partial charge in [-0.2, -0.15) is 0 Å². The van der Waals surface area contributed by atoms with Gasteiger partial charge in [0, 0.05) is 23.7 Å². The summed E-state index contributed by atoms with van der Waals surface area (Å²) in [6.45, 7) is 1.18. The maximum Gasteiger partial charge on any atom is 0.261 e. The molecule has 1 amide bonds. The molecule has 2 aromatic carbocycles. The highest BCUT2D eigenvalue weighted by molar-refractivity contribution is 7.92. The molecule has 0 spiro atoms. The summed E-state index contributed by atoms with van der Waals surface area (Å²) in [7, 11) is -3.76. The molecule has 1 aliphatic heterocycles. The highest BCUT2D eigenvalue weighted by atomic mass is 35.5. The van der Waals surface area contributed by atoms with Crippen molar-refractivity contribution in [3.63, 3.8) is 0 Å². The average Bonchev–Trinajstić information content (AvgIpc) is 3.13. The molecule has 0 bridgehead atoms. The van der Waals surface area contributed by atoms with E-state index in [2.05, 4.69) is 10.0 Å². The third kappa shape index (κ3) is 4.75. The highest BCUT2D eigenvalue weighted by Gasteiger charge is 2.18. The number of rotatable bonds is 6. The first-order valence-electron chi connectivity index (χ1n) is 8.22. The zero-order chi connectivity index (χ0) is 18.6. The molecule has 1 atom stereocenters. The van der Waals surface area contributed by atoms with Crippen molar-refractivity contribution >= 4 is 33.2 Å². The molecule has 1 saturated heterocycles. The van der Waals surface area contributed by atoms with E-state index >= 15 is 0 Å². The summed E-state index contributed by atoms with van der Waals surface area (Å²) in [6.07, 6.45) is 2.00. The van der Waals surface area contributed by atoms with Gasteiger partial charge < -0.3 is 10.1 Å². The smallest absolute Gasteiger partial charge is 0.261 e. The minimum Gasteiger partial charge on any atom is -0.376 e. The summed E-state index contributed by atoms with van der Waals surface area (Å²) in [5.74, 6) is -0.257. The molecule has 2 aromatic rings. The summed E-state index contributed by atoms with van der Waals surface area (Å²) < 4.78 is 32.8. The number of anilines is 1. The van der Waals surface area contributed by atoms with Crippen LogP contribution in [0, 0.1) is 0 Å². The van der Waals surface area contributed by atoms with Gasteiger partial charge in [-0.15, -0.1) is 0 Å². The van der Waals surface area contributed by atoms with Crippen LogP contribution in [0.25, 0.3) is 0 Å². The number of nitrogens with one attached hydrogen (secondary N) is 2. The molecule has 8 heteroatoms. The Labute approximate surface area is 157 Å². The summed E-state index contributed by atoms with van der Waals surface area (Å²) in [5.41, 5.74) is 0.764. The van der Waals surface area contributed by atoms with E-state index in [1.807, 2.05) is 0 Å². The normalized spacial score (nSPS) is 17.0. The quantitative estimate of drug-likeness (QED) is 0.788. The molecular weight excluding hydrogens is 376 g/mol. The lowest BCUT2D eigenvalue weighted by molar-refractivity contribution is 0.0857. The highest BCUT2D eigenvalue weighted by Crippen LogP contribution is 2.20. The van der Waals surface area contributed by atoms with Gasteiger partial charge in [-0.05, 0) is 55.3 Å². The second kappa shape index (κ2) is 8.07. The van der Waals surface area contributed by atoms with Crippen LogP contribution < -0.4 is 10.0 Å². The van der Waals surface area contributed by atoms with E-state index in [9.17, 15) is 13.2 Å². The summed E-state index contributed by atoms with van der Waals surface area (Å²) in [4.78, 5) is 12.2. The maximum absolute atomic E-state index is 12.4. The molecule has 6 nitrogen and oxygen atoms in total. The second-order valence-corrected chi connectivity index (χ2v) is 8.10. The lowest BCUT2D eigenvalue weighted by Crippen LogP contribution is -2.31. The number of hydrogen-bond donors (Lipinski definition) is 2. The fraction of sp³-hybridized carbons (Fsp3) is 0.278. The van der Waals surface area contributed by atoms with Gasteiger partial charge in [0.15, 0.2) is 0 Å². The Morgan fingerprint density at radius 3 is 2.62 bits per heavy atom. The SMILES string of the molecule is O=C(NCC1CCCO1)c1ccc(S(=O)(=O)Nc2cccc(Cl)c2)cc1. The molecule has 0 radical (unpaired) electrons. The van der Waals surface area contributed by atoms with E-state index in [-0.39, 0.29) is 16.9 Å². The monoisotopic (exact) mass is 394 g/mol. The van der Waals surface area contributed by atoms with Crippen LogP contribution in [0.2, 0.25) is 5.02 Å². The Morgan fingerprint density at radius 2 is 1.96 bits per heavy atom. The van der Waals surface area contributed by atoms with Crippen LogP contribution in [-0.4, -0.2) is 33.6 Å². The molecule has 138 valence electrons. The Balaban J connectivity index is 1.64. The molecule has 0 aromatic heterocycles. The standard InChI is InChI=1S/C18H19ClN2O4S/c19-14-3-1-4-15(11-14)21-26(23,24)17-8-6-13(7-9-17)18(22)20-12-16-5-2-10-25-16/h1,3-4,6-9,11,16,21H,2,5,10,12H2,(H,20,22). The zero-order valence-electron chi connectivity index (χ0n) is 13.9. The van der Waals surface area contributed by atoms with E-state index in [4.69, 9.17) is 16.3 Å². The Kier molecular flexibility index (Phi) is 5.80. The van der Waals surface area contributed by atoms with Crippen LogP contribution in [-0.2, 0) is 14.8 Å². The predicted molar refractivity (Wildman–Crippen MR) is 100 cm³/mol. The summed E-state index contributed by atoms with van der Waals surface area (Å²) in [6, 6.07) is 12.2. The van der Waals surface area contributed by atoms with Crippen molar-refractivity contribution < 1.29 is 17.9 Å². The van der Waals surface area contributed by atoms with Crippen LogP contribution >= 0.6 is 11.6 Å². The molecule has 1 unspecified atom stereocenters. The third-order valence-corrected chi connectivity index (χ3v) is 5.65. The van der Waals surface area contributed by atoms with Crippen molar-refractivity contribution in [3.8, 4) is 0 Å². The Morgan fingerprint density at radius 1 is 1.19 bits per heavy atom. The van der Waals surface area contributed by atoms with E-state index in [1.165, 1.54) is 30.3 Å². The van der Waals surface area contributed by atoms with E-state index in [0.717, 1.165) is 19.4 Å².